The van der Waals surface area contributed by atoms with Gasteiger partial charge in [0.25, 0.3) is 5.91 Å². The Kier molecular flexibility index (Phi) is 6.74. The first-order valence-corrected chi connectivity index (χ1v) is 11.9. The first kappa shape index (κ1) is 25.0. The van der Waals surface area contributed by atoms with Crippen LogP contribution in [0.15, 0.2) is 55.1 Å². The second-order valence-electron chi connectivity index (χ2n) is 8.78. The van der Waals surface area contributed by atoms with Gasteiger partial charge < -0.3 is 15.0 Å². The molecule has 192 valence electrons. The van der Waals surface area contributed by atoms with Crippen molar-refractivity contribution < 1.29 is 22.7 Å². The van der Waals surface area contributed by atoms with Crippen molar-refractivity contribution >= 4 is 34.0 Å². The van der Waals surface area contributed by atoms with Gasteiger partial charge in [0.15, 0.2) is 5.69 Å². The van der Waals surface area contributed by atoms with E-state index < -0.39 is 23.3 Å². The highest BCUT2D eigenvalue weighted by molar-refractivity contribution is 6.32. The molecular formula is C25H22ClF3N6O2. The van der Waals surface area contributed by atoms with E-state index in [1.807, 2.05) is 7.05 Å². The fourth-order valence-corrected chi connectivity index (χ4v) is 4.49. The third-order valence-electron chi connectivity index (χ3n) is 6.17. The number of hydrogen-bond donors (Lipinski definition) is 1. The summed E-state index contributed by atoms with van der Waals surface area (Å²) in [5, 5.41) is 7.62. The molecule has 1 fully saturated rings. The van der Waals surface area contributed by atoms with Gasteiger partial charge in [-0.1, -0.05) is 35.9 Å². The predicted molar refractivity (Wildman–Crippen MR) is 132 cm³/mol. The second kappa shape index (κ2) is 9.98. The fraction of sp³-hybridized carbons (Fsp3) is 0.280. The van der Waals surface area contributed by atoms with Crippen molar-refractivity contribution in [1.82, 2.24) is 24.6 Å². The number of carbonyl (C=O) groups is 1. The third-order valence-corrected chi connectivity index (χ3v) is 6.44. The van der Waals surface area contributed by atoms with E-state index in [0.717, 1.165) is 32.1 Å². The molecule has 1 saturated heterocycles. The topological polar surface area (TPSA) is 85.2 Å². The van der Waals surface area contributed by atoms with Gasteiger partial charge in [0.1, 0.15) is 11.1 Å². The summed E-state index contributed by atoms with van der Waals surface area (Å²) in [6, 6.07) is 8.24. The summed E-state index contributed by atoms with van der Waals surface area (Å²) >= 11 is 6.30. The number of carbonyl (C=O) groups excluding carboxylic acids is 1. The Morgan fingerprint density at radius 2 is 1.89 bits per heavy atom. The van der Waals surface area contributed by atoms with Gasteiger partial charge >= 0.3 is 6.18 Å². The van der Waals surface area contributed by atoms with E-state index in [1.165, 1.54) is 18.5 Å². The summed E-state index contributed by atoms with van der Waals surface area (Å²) in [5.41, 5.74) is -1.64. The lowest BCUT2D eigenvalue weighted by Crippen LogP contribution is -2.35. The number of fused-ring (bicyclic) bond motifs is 1. The normalized spacial score (nSPS) is 15.2. The van der Waals surface area contributed by atoms with Crippen LogP contribution in [0.4, 0.5) is 18.9 Å². The van der Waals surface area contributed by atoms with Gasteiger partial charge in [0, 0.05) is 30.1 Å². The van der Waals surface area contributed by atoms with Crippen LogP contribution in [-0.4, -0.2) is 56.8 Å². The standard InChI is InChI=1S/C25H22ClF3N6O2/c1-34-8-6-17(7-9-34)37-24-20(26)10-16(12-31-24)33-23(36)19-13-32-35(22(19)25(27,28)29)21-14-30-11-15-4-2-3-5-18(15)21/h2-5,10-14,17H,6-9H2,1H3,(H,33,36). The van der Waals surface area contributed by atoms with E-state index in [1.54, 1.807) is 30.5 Å². The predicted octanol–water partition coefficient (Wildman–Crippen LogP) is 5.21. The maximum Gasteiger partial charge on any atom is 0.434 e. The summed E-state index contributed by atoms with van der Waals surface area (Å²) < 4.78 is 49.1. The van der Waals surface area contributed by atoms with Crippen molar-refractivity contribution in [3.8, 4) is 11.6 Å². The molecule has 0 aliphatic carbocycles. The van der Waals surface area contributed by atoms with Gasteiger partial charge in [0.2, 0.25) is 5.88 Å². The number of piperidine rings is 1. The fourth-order valence-electron chi connectivity index (χ4n) is 4.28. The van der Waals surface area contributed by atoms with Crippen LogP contribution >= 0.6 is 11.6 Å². The van der Waals surface area contributed by atoms with Crippen LogP contribution in [0, 0.1) is 0 Å². The smallest absolute Gasteiger partial charge is 0.434 e. The zero-order chi connectivity index (χ0) is 26.2. The Hall–Kier alpha value is -3.70. The molecule has 1 aliphatic rings. The van der Waals surface area contributed by atoms with Crippen LogP contribution < -0.4 is 10.1 Å². The number of ether oxygens (including phenoxy) is 1. The molecule has 0 atom stereocenters. The van der Waals surface area contributed by atoms with Gasteiger partial charge in [-0.3, -0.25) is 9.78 Å². The quantitative estimate of drug-likeness (QED) is 0.381. The Balaban J connectivity index is 1.41. The molecule has 0 spiro atoms. The van der Waals surface area contributed by atoms with Crippen molar-refractivity contribution in [2.24, 2.45) is 0 Å². The van der Waals surface area contributed by atoms with E-state index in [4.69, 9.17) is 16.3 Å². The molecule has 0 radical (unpaired) electrons. The molecule has 3 aromatic heterocycles. The Labute approximate surface area is 215 Å². The van der Waals surface area contributed by atoms with E-state index in [-0.39, 0.29) is 28.4 Å². The molecule has 1 aliphatic heterocycles. The monoisotopic (exact) mass is 530 g/mol. The van der Waals surface area contributed by atoms with Crippen molar-refractivity contribution in [2.75, 3.05) is 25.5 Å². The number of hydrogen-bond acceptors (Lipinski definition) is 6. The molecule has 0 unspecified atom stereocenters. The number of aromatic nitrogens is 4. The molecule has 8 nitrogen and oxygen atoms in total. The number of likely N-dealkylation sites (tertiary alicyclic amines) is 1. The lowest BCUT2D eigenvalue weighted by atomic mass is 10.1. The van der Waals surface area contributed by atoms with Crippen molar-refractivity contribution in [3.63, 3.8) is 0 Å². The summed E-state index contributed by atoms with van der Waals surface area (Å²) in [6.07, 6.45) is 1.73. The number of halogens is 4. The number of amides is 1. The molecule has 1 N–H and O–H groups in total. The molecule has 0 saturated carbocycles. The zero-order valence-electron chi connectivity index (χ0n) is 19.7. The van der Waals surface area contributed by atoms with Crippen molar-refractivity contribution in [2.45, 2.75) is 25.1 Å². The highest BCUT2D eigenvalue weighted by Gasteiger charge is 2.41. The Morgan fingerprint density at radius 3 is 2.62 bits per heavy atom. The van der Waals surface area contributed by atoms with E-state index in [2.05, 4.69) is 25.3 Å². The van der Waals surface area contributed by atoms with Crippen LogP contribution in [-0.2, 0) is 6.18 Å². The molecule has 0 bridgehead atoms. The van der Waals surface area contributed by atoms with Crippen LogP contribution in [0.1, 0.15) is 28.9 Å². The summed E-state index contributed by atoms with van der Waals surface area (Å²) in [4.78, 5) is 23.3. The molecular weight excluding hydrogens is 509 g/mol. The highest BCUT2D eigenvalue weighted by atomic mass is 35.5. The first-order chi connectivity index (χ1) is 17.7. The first-order valence-electron chi connectivity index (χ1n) is 11.5. The maximum atomic E-state index is 14.2. The van der Waals surface area contributed by atoms with E-state index in [0.29, 0.717) is 15.5 Å². The number of rotatable bonds is 5. The highest BCUT2D eigenvalue weighted by Crippen LogP contribution is 2.35. The zero-order valence-corrected chi connectivity index (χ0v) is 20.4. The van der Waals surface area contributed by atoms with Crippen molar-refractivity contribution in [1.29, 1.82) is 0 Å². The Morgan fingerprint density at radius 1 is 1.14 bits per heavy atom. The minimum Gasteiger partial charge on any atom is -0.473 e. The van der Waals surface area contributed by atoms with Gasteiger partial charge in [-0.25, -0.2) is 9.67 Å². The molecule has 1 aromatic carbocycles. The van der Waals surface area contributed by atoms with Crippen LogP contribution in [0.25, 0.3) is 16.5 Å². The Bertz CT molecular complexity index is 1440. The largest absolute Gasteiger partial charge is 0.473 e. The molecule has 4 heterocycles. The molecule has 37 heavy (non-hydrogen) atoms. The number of nitrogens with zero attached hydrogens (tertiary/aromatic N) is 5. The van der Waals surface area contributed by atoms with Crippen LogP contribution in [0.5, 0.6) is 5.88 Å². The average Bonchev–Trinajstić information content (AvgIpc) is 3.33. The molecule has 1 amide bonds. The summed E-state index contributed by atoms with van der Waals surface area (Å²) in [7, 11) is 2.03. The summed E-state index contributed by atoms with van der Waals surface area (Å²) in [6.45, 7) is 1.78. The number of pyridine rings is 2. The minimum atomic E-state index is -4.87. The summed E-state index contributed by atoms with van der Waals surface area (Å²) in [5.74, 6) is -0.796. The van der Waals surface area contributed by atoms with Crippen LogP contribution in [0.3, 0.4) is 0 Å². The SMILES string of the molecule is CN1CCC(Oc2ncc(NC(=O)c3cnn(-c4cncc5ccccc45)c3C(F)(F)F)cc2Cl)CC1. The third kappa shape index (κ3) is 5.23. The van der Waals surface area contributed by atoms with Crippen molar-refractivity contribution in [3.05, 3.63) is 71.4 Å². The van der Waals surface area contributed by atoms with Crippen LogP contribution in [0.2, 0.25) is 5.02 Å². The number of benzene rings is 1. The lowest BCUT2D eigenvalue weighted by molar-refractivity contribution is -0.143. The number of alkyl halides is 3. The van der Waals surface area contributed by atoms with Gasteiger partial charge in [-0.2, -0.15) is 18.3 Å². The molecule has 4 aromatic rings. The average molecular weight is 531 g/mol. The van der Waals surface area contributed by atoms with Gasteiger partial charge in [-0.15, -0.1) is 0 Å². The molecule has 12 heteroatoms. The number of nitrogens with one attached hydrogen (secondary N) is 1. The van der Waals surface area contributed by atoms with E-state index in [9.17, 15) is 18.0 Å². The molecule has 5 rings (SSSR count). The number of anilines is 1. The minimum absolute atomic E-state index is 0.0367. The second-order valence-corrected chi connectivity index (χ2v) is 9.19. The van der Waals surface area contributed by atoms with E-state index >= 15 is 0 Å². The maximum absolute atomic E-state index is 14.2. The van der Waals surface area contributed by atoms with Gasteiger partial charge in [-0.05, 0) is 26.0 Å². The lowest BCUT2D eigenvalue weighted by Gasteiger charge is -2.29. The van der Waals surface area contributed by atoms with Gasteiger partial charge in [0.05, 0.1) is 35.5 Å².